The average molecular weight is 368 g/mol. The molecule has 1 heterocycles. The minimum atomic E-state index is -3.87. The van der Waals surface area contributed by atoms with Crippen LogP contribution in [0.3, 0.4) is 0 Å². The van der Waals surface area contributed by atoms with E-state index in [1.54, 1.807) is 21.0 Å². The largest absolute Gasteiger partial charge is 0.497 e. The number of ether oxygens (including phenoxy) is 1. The lowest BCUT2D eigenvalue weighted by atomic mass is 9.97. The van der Waals surface area contributed by atoms with Crippen LogP contribution in [0.4, 0.5) is 0 Å². The van der Waals surface area contributed by atoms with E-state index in [1.165, 1.54) is 0 Å². The molecule has 0 aliphatic carbocycles. The topological polar surface area (TPSA) is 85.4 Å². The first-order valence-corrected chi connectivity index (χ1v) is 9.66. The molecule has 0 bridgehead atoms. The number of nitrogens with one attached hydrogen (secondary N) is 1. The van der Waals surface area contributed by atoms with Crippen LogP contribution in [0, 0.1) is 13.8 Å². The van der Waals surface area contributed by atoms with Crippen LogP contribution in [-0.4, -0.2) is 26.4 Å². The summed E-state index contributed by atoms with van der Waals surface area (Å²) in [5, 5.41) is 0.645. The number of amides is 1. The van der Waals surface area contributed by atoms with Crippen LogP contribution in [0.1, 0.15) is 35.5 Å². The average Bonchev–Trinajstić information content (AvgIpc) is 2.86. The first kappa shape index (κ1) is 18.4. The van der Waals surface area contributed by atoms with Gasteiger partial charge in [-0.2, -0.15) is 0 Å². The van der Waals surface area contributed by atoms with Crippen molar-refractivity contribution in [1.82, 2.24) is 9.71 Å². The van der Waals surface area contributed by atoms with Gasteiger partial charge < -0.3 is 4.74 Å². The zero-order valence-electron chi connectivity index (χ0n) is 14.0. The van der Waals surface area contributed by atoms with Crippen molar-refractivity contribution in [2.45, 2.75) is 37.3 Å². The molecule has 0 aliphatic heterocycles. The van der Waals surface area contributed by atoms with Crippen LogP contribution in [0.5, 0.6) is 5.75 Å². The fourth-order valence-electron chi connectivity index (χ4n) is 2.33. The summed E-state index contributed by atoms with van der Waals surface area (Å²) in [7, 11) is -2.29. The van der Waals surface area contributed by atoms with E-state index < -0.39 is 15.9 Å². The summed E-state index contributed by atoms with van der Waals surface area (Å²) in [6, 6.07) is 7.35. The standard InChI is InChI=1S/C16H20N2O4S2/c1-10(13-5-7-14(22-4)8-6-13)9-15(19)18-24(20,21)16-11(2)17-12(3)23-16/h5-8,10H,9H2,1-4H3,(H,18,19). The third kappa shape index (κ3) is 4.33. The molecule has 0 radical (unpaired) electrons. The van der Waals surface area contributed by atoms with E-state index in [-0.39, 0.29) is 16.5 Å². The van der Waals surface area contributed by atoms with Crippen LogP contribution >= 0.6 is 11.3 Å². The van der Waals surface area contributed by atoms with Crippen molar-refractivity contribution in [2.75, 3.05) is 7.11 Å². The van der Waals surface area contributed by atoms with Crippen molar-refractivity contribution in [2.24, 2.45) is 0 Å². The predicted octanol–water partition coefficient (Wildman–Crippen LogP) is 2.77. The molecule has 8 heteroatoms. The summed E-state index contributed by atoms with van der Waals surface area (Å²) in [6.07, 6.45) is 0.0718. The van der Waals surface area contributed by atoms with Gasteiger partial charge in [-0.1, -0.05) is 19.1 Å². The molecular weight excluding hydrogens is 348 g/mol. The summed E-state index contributed by atoms with van der Waals surface area (Å²) >= 11 is 1.05. The third-order valence-corrected chi connectivity index (χ3v) is 6.59. The van der Waals surface area contributed by atoms with Gasteiger partial charge in [0.05, 0.1) is 17.8 Å². The Bertz CT molecular complexity index is 826. The Morgan fingerprint density at radius 1 is 1.29 bits per heavy atom. The number of nitrogens with zero attached hydrogens (tertiary/aromatic N) is 1. The molecule has 0 saturated heterocycles. The second-order valence-corrected chi connectivity index (χ2v) is 8.59. The van der Waals surface area contributed by atoms with Gasteiger partial charge in [-0.3, -0.25) is 4.79 Å². The monoisotopic (exact) mass is 368 g/mol. The molecule has 2 aromatic rings. The second kappa shape index (κ2) is 7.31. The molecule has 130 valence electrons. The number of carbonyl (C=O) groups is 1. The SMILES string of the molecule is COc1ccc(C(C)CC(=O)NS(=O)(=O)c2sc(C)nc2C)cc1. The molecule has 1 atom stereocenters. The summed E-state index contributed by atoms with van der Waals surface area (Å²) < 4.78 is 31.9. The molecule has 1 unspecified atom stereocenters. The van der Waals surface area contributed by atoms with Crippen molar-refractivity contribution < 1.29 is 17.9 Å². The highest BCUT2D eigenvalue weighted by atomic mass is 32.2. The number of carbonyl (C=O) groups excluding carboxylic acids is 1. The maximum Gasteiger partial charge on any atom is 0.275 e. The molecule has 0 saturated carbocycles. The zero-order valence-corrected chi connectivity index (χ0v) is 15.6. The molecule has 24 heavy (non-hydrogen) atoms. The van der Waals surface area contributed by atoms with Gasteiger partial charge in [-0.05, 0) is 37.5 Å². The Morgan fingerprint density at radius 3 is 2.42 bits per heavy atom. The molecular formula is C16H20N2O4S2. The van der Waals surface area contributed by atoms with Crippen LogP contribution < -0.4 is 9.46 Å². The number of methoxy groups -OCH3 is 1. The number of benzene rings is 1. The fraction of sp³-hybridized carbons (Fsp3) is 0.375. The van der Waals surface area contributed by atoms with Crippen LogP contribution in [0.15, 0.2) is 28.5 Å². The summed E-state index contributed by atoms with van der Waals surface area (Å²) in [5.41, 5.74) is 1.34. The number of thiazole rings is 1. The molecule has 0 aliphatic rings. The van der Waals surface area contributed by atoms with E-state index in [9.17, 15) is 13.2 Å². The molecule has 2 rings (SSSR count). The molecule has 6 nitrogen and oxygen atoms in total. The van der Waals surface area contributed by atoms with Gasteiger partial charge in [0.2, 0.25) is 5.91 Å². The van der Waals surface area contributed by atoms with Crippen molar-refractivity contribution in [3.05, 3.63) is 40.5 Å². The van der Waals surface area contributed by atoms with E-state index >= 15 is 0 Å². The summed E-state index contributed by atoms with van der Waals surface area (Å²) in [5.74, 6) is 0.0770. The van der Waals surface area contributed by atoms with Gasteiger partial charge in [0.15, 0.2) is 4.21 Å². The number of aromatic nitrogens is 1. The van der Waals surface area contributed by atoms with Crippen molar-refractivity contribution in [1.29, 1.82) is 0 Å². The zero-order chi connectivity index (χ0) is 17.9. The van der Waals surface area contributed by atoms with Crippen LogP contribution in [0.2, 0.25) is 0 Å². The van der Waals surface area contributed by atoms with Crippen LogP contribution in [0.25, 0.3) is 0 Å². The number of rotatable bonds is 6. The smallest absolute Gasteiger partial charge is 0.275 e. The normalized spacial score (nSPS) is 12.7. The first-order chi connectivity index (χ1) is 11.2. The highest BCUT2D eigenvalue weighted by Gasteiger charge is 2.24. The van der Waals surface area contributed by atoms with E-state index in [0.717, 1.165) is 22.6 Å². The Morgan fingerprint density at radius 2 is 1.92 bits per heavy atom. The Kier molecular flexibility index (Phi) is 5.61. The van der Waals surface area contributed by atoms with Gasteiger partial charge in [0, 0.05) is 6.42 Å². The van der Waals surface area contributed by atoms with Crippen molar-refractivity contribution in [3.63, 3.8) is 0 Å². The first-order valence-electron chi connectivity index (χ1n) is 7.36. The molecule has 0 fully saturated rings. The minimum Gasteiger partial charge on any atom is -0.497 e. The highest BCUT2D eigenvalue weighted by Crippen LogP contribution is 2.24. The van der Waals surface area contributed by atoms with E-state index in [4.69, 9.17) is 4.74 Å². The maximum atomic E-state index is 12.3. The Balaban J connectivity index is 2.05. The summed E-state index contributed by atoms with van der Waals surface area (Å²) in [6.45, 7) is 5.21. The molecule has 1 aromatic heterocycles. The van der Waals surface area contributed by atoms with Gasteiger partial charge in [-0.25, -0.2) is 18.1 Å². The highest BCUT2D eigenvalue weighted by molar-refractivity contribution is 7.92. The van der Waals surface area contributed by atoms with Crippen LogP contribution in [-0.2, 0) is 14.8 Å². The lowest BCUT2D eigenvalue weighted by Gasteiger charge is -2.12. The lowest BCUT2D eigenvalue weighted by Crippen LogP contribution is -2.31. The summed E-state index contributed by atoms with van der Waals surface area (Å²) in [4.78, 5) is 16.2. The minimum absolute atomic E-state index is 0.0718. The molecule has 1 N–H and O–H groups in total. The number of sulfonamides is 1. The lowest BCUT2D eigenvalue weighted by molar-refractivity contribution is -0.119. The molecule has 1 amide bonds. The number of hydrogen-bond acceptors (Lipinski definition) is 6. The van der Waals surface area contributed by atoms with Gasteiger partial charge >= 0.3 is 0 Å². The van der Waals surface area contributed by atoms with E-state index in [0.29, 0.717) is 10.7 Å². The number of aryl methyl sites for hydroxylation is 2. The van der Waals surface area contributed by atoms with Crippen molar-refractivity contribution >= 4 is 27.3 Å². The number of hydrogen-bond donors (Lipinski definition) is 1. The van der Waals surface area contributed by atoms with Gasteiger partial charge in [0.25, 0.3) is 10.0 Å². The fourth-order valence-corrected chi connectivity index (χ4v) is 4.81. The maximum absolute atomic E-state index is 12.3. The van der Waals surface area contributed by atoms with E-state index in [1.807, 2.05) is 31.2 Å². The van der Waals surface area contributed by atoms with Gasteiger partial charge in [0.1, 0.15) is 5.75 Å². The van der Waals surface area contributed by atoms with E-state index in [2.05, 4.69) is 9.71 Å². The predicted molar refractivity (Wildman–Crippen MR) is 92.9 cm³/mol. The quantitative estimate of drug-likeness (QED) is 0.847. The Hall–Kier alpha value is -1.93. The molecule has 0 spiro atoms. The van der Waals surface area contributed by atoms with Crippen molar-refractivity contribution in [3.8, 4) is 5.75 Å². The Labute approximate surface area is 145 Å². The third-order valence-electron chi connectivity index (χ3n) is 3.53. The second-order valence-electron chi connectivity index (χ2n) is 5.51. The molecule has 1 aromatic carbocycles. The van der Waals surface area contributed by atoms with Gasteiger partial charge in [-0.15, -0.1) is 11.3 Å².